The third-order valence-corrected chi connectivity index (χ3v) is 3.75. The fourth-order valence-corrected chi connectivity index (χ4v) is 2.40. The Balaban J connectivity index is 1.85. The number of nitrogens with one attached hydrogen (secondary N) is 1. The molecule has 0 aliphatic rings. The van der Waals surface area contributed by atoms with E-state index in [0.717, 1.165) is 11.1 Å². The van der Waals surface area contributed by atoms with Crippen molar-refractivity contribution >= 4 is 17.5 Å². The van der Waals surface area contributed by atoms with Crippen molar-refractivity contribution in [2.75, 3.05) is 0 Å². The zero-order valence-corrected chi connectivity index (χ0v) is 15.5. The second-order valence-electron chi connectivity index (χ2n) is 6.11. The number of amides is 1. The van der Waals surface area contributed by atoms with Crippen molar-refractivity contribution in [3.8, 4) is 5.75 Å². The van der Waals surface area contributed by atoms with Crippen molar-refractivity contribution < 1.29 is 14.3 Å². The summed E-state index contributed by atoms with van der Waals surface area (Å²) >= 11 is 5.92. The first-order valence-electron chi connectivity index (χ1n) is 8.33. The summed E-state index contributed by atoms with van der Waals surface area (Å²) in [5.41, 5.74) is 2.11. The third-order valence-electron chi connectivity index (χ3n) is 3.52. The Labute approximate surface area is 154 Å². The summed E-state index contributed by atoms with van der Waals surface area (Å²) in [5.74, 6) is 0.395. The lowest BCUT2D eigenvalue weighted by molar-refractivity contribution is -0.127. The molecule has 2 aromatic rings. The first-order chi connectivity index (χ1) is 11.9. The van der Waals surface area contributed by atoms with Crippen LogP contribution in [-0.4, -0.2) is 18.1 Å². The zero-order chi connectivity index (χ0) is 18.2. The number of halogens is 1. The van der Waals surface area contributed by atoms with Crippen molar-refractivity contribution in [3.05, 3.63) is 64.7 Å². The van der Waals surface area contributed by atoms with Gasteiger partial charge in [-0.05, 0) is 50.1 Å². The van der Waals surface area contributed by atoms with Gasteiger partial charge in [-0.15, -0.1) is 0 Å². The van der Waals surface area contributed by atoms with E-state index in [2.05, 4.69) is 5.32 Å². The Morgan fingerprint density at radius 1 is 1.08 bits per heavy atom. The number of ether oxygens (including phenoxy) is 2. The van der Waals surface area contributed by atoms with Crippen molar-refractivity contribution in [2.24, 2.45) is 0 Å². The number of benzene rings is 2. The van der Waals surface area contributed by atoms with Gasteiger partial charge in [-0.2, -0.15) is 0 Å². The molecule has 0 aliphatic heterocycles. The fourth-order valence-electron chi connectivity index (χ4n) is 2.22. The van der Waals surface area contributed by atoms with Gasteiger partial charge in [0.15, 0.2) is 6.10 Å². The van der Waals surface area contributed by atoms with Crippen LogP contribution in [-0.2, 0) is 22.7 Å². The van der Waals surface area contributed by atoms with Crippen molar-refractivity contribution in [3.63, 3.8) is 0 Å². The van der Waals surface area contributed by atoms with E-state index in [4.69, 9.17) is 21.1 Å². The Bertz CT molecular complexity index is 703. The number of rotatable bonds is 8. The number of carbonyl (C=O) groups excluding carboxylic acids is 1. The number of hydrogen-bond acceptors (Lipinski definition) is 3. The van der Waals surface area contributed by atoms with Gasteiger partial charge in [-0.25, -0.2) is 0 Å². The van der Waals surface area contributed by atoms with Gasteiger partial charge in [0.1, 0.15) is 5.75 Å². The molecule has 2 aromatic carbocycles. The standard InChI is InChI=1S/C20H24ClNO3/c1-14(2)24-13-17-7-4-6-16(10-17)12-22-20(23)15(3)25-19-9-5-8-18(21)11-19/h4-11,14-15H,12-13H2,1-3H3,(H,22,23). The molecule has 1 unspecified atom stereocenters. The highest BCUT2D eigenvalue weighted by Gasteiger charge is 2.14. The predicted octanol–water partition coefficient (Wildman–Crippen LogP) is 4.35. The van der Waals surface area contributed by atoms with Gasteiger partial charge in [-0.1, -0.05) is 41.9 Å². The first kappa shape index (κ1) is 19.3. The van der Waals surface area contributed by atoms with E-state index in [9.17, 15) is 4.79 Å². The Kier molecular flexibility index (Phi) is 7.29. The van der Waals surface area contributed by atoms with Crippen molar-refractivity contribution in [1.29, 1.82) is 0 Å². The fraction of sp³-hybridized carbons (Fsp3) is 0.350. The molecule has 0 spiro atoms. The van der Waals surface area contributed by atoms with Crippen LogP contribution in [0.25, 0.3) is 0 Å². The van der Waals surface area contributed by atoms with Crippen LogP contribution in [0.1, 0.15) is 31.9 Å². The van der Waals surface area contributed by atoms with E-state index < -0.39 is 6.10 Å². The molecule has 4 nitrogen and oxygen atoms in total. The second-order valence-corrected chi connectivity index (χ2v) is 6.55. The topological polar surface area (TPSA) is 47.6 Å². The molecular weight excluding hydrogens is 338 g/mol. The van der Waals surface area contributed by atoms with E-state index in [1.807, 2.05) is 38.1 Å². The van der Waals surface area contributed by atoms with Crippen molar-refractivity contribution in [1.82, 2.24) is 5.32 Å². The summed E-state index contributed by atoms with van der Waals surface area (Å²) in [5, 5.41) is 3.46. The van der Waals surface area contributed by atoms with Gasteiger partial charge in [0.05, 0.1) is 12.7 Å². The van der Waals surface area contributed by atoms with Crippen LogP contribution >= 0.6 is 11.6 Å². The van der Waals surface area contributed by atoms with E-state index in [0.29, 0.717) is 23.9 Å². The zero-order valence-electron chi connectivity index (χ0n) is 14.8. The van der Waals surface area contributed by atoms with E-state index in [-0.39, 0.29) is 12.0 Å². The quantitative estimate of drug-likeness (QED) is 0.760. The largest absolute Gasteiger partial charge is 0.481 e. The maximum absolute atomic E-state index is 12.2. The summed E-state index contributed by atoms with van der Waals surface area (Å²) < 4.78 is 11.2. The van der Waals surface area contributed by atoms with E-state index in [1.165, 1.54) is 0 Å². The molecule has 0 aliphatic carbocycles. The van der Waals surface area contributed by atoms with Gasteiger partial charge < -0.3 is 14.8 Å². The molecule has 1 amide bonds. The lowest BCUT2D eigenvalue weighted by Crippen LogP contribution is -2.35. The van der Waals surface area contributed by atoms with Crippen LogP contribution < -0.4 is 10.1 Å². The molecule has 0 radical (unpaired) electrons. The van der Waals surface area contributed by atoms with Gasteiger partial charge in [0, 0.05) is 11.6 Å². The molecule has 134 valence electrons. The minimum Gasteiger partial charge on any atom is -0.481 e. The van der Waals surface area contributed by atoms with Crippen LogP contribution in [0.5, 0.6) is 5.75 Å². The highest BCUT2D eigenvalue weighted by Crippen LogP contribution is 2.18. The molecule has 2 rings (SSSR count). The molecule has 0 heterocycles. The lowest BCUT2D eigenvalue weighted by Gasteiger charge is -2.15. The summed E-state index contributed by atoms with van der Waals surface area (Å²) in [6.07, 6.45) is -0.418. The number of hydrogen-bond donors (Lipinski definition) is 1. The van der Waals surface area contributed by atoms with Crippen LogP contribution in [0.4, 0.5) is 0 Å². The van der Waals surface area contributed by atoms with Gasteiger partial charge in [0.2, 0.25) is 0 Å². The molecule has 0 bridgehead atoms. The molecule has 0 saturated heterocycles. The number of carbonyl (C=O) groups is 1. The summed E-state index contributed by atoms with van der Waals surface area (Å²) in [7, 11) is 0. The SMILES string of the molecule is CC(C)OCc1cccc(CNC(=O)C(C)Oc2cccc(Cl)c2)c1. The molecular formula is C20H24ClNO3. The van der Waals surface area contributed by atoms with Crippen molar-refractivity contribution in [2.45, 2.75) is 46.1 Å². The highest BCUT2D eigenvalue weighted by atomic mass is 35.5. The van der Waals surface area contributed by atoms with E-state index >= 15 is 0 Å². The molecule has 25 heavy (non-hydrogen) atoms. The Morgan fingerprint density at radius 3 is 2.52 bits per heavy atom. The molecule has 0 fully saturated rings. The normalized spacial score (nSPS) is 12.0. The average molecular weight is 362 g/mol. The lowest BCUT2D eigenvalue weighted by atomic mass is 10.1. The first-order valence-corrected chi connectivity index (χ1v) is 8.71. The van der Waals surface area contributed by atoms with Crippen LogP contribution in [0, 0.1) is 0 Å². The summed E-state index contributed by atoms with van der Waals surface area (Å²) in [6.45, 7) is 6.73. The maximum atomic E-state index is 12.2. The molecule has 0 aromatic heterocycles. The average Bonchev–Trinajstić information content (AvgIpc) is 2.58. The summed E-state index contributed by atoms with van der Waals surface area (Å²) in [4.78, 5) is 12.2. The maximum Gasteiger partial charge on any atom is 0.261 e. The van der Waals surface area contributed by atoms with Gasteiger partial charge in [-0.3, -0.25) is 4.79 Å². The van der Waals surface area contributed by atoms with Gasteiger partial charge >= 0.3 is 0 Å². The monoisotopic (exact) mass is 361 g/mol. The minimum atomic E-state index is -0.606. The Morgan fingerprint density at radius 2 is 1.80 bits per heavy atom. The highest BCUT2D eigenvalue weighted by molar-refractivity contribution is 6.30. The smallest absolute Gasteiger partial charge is 0.261 e. The van der Waals surface area contributed by atoms with Gasteiger partial charge in [0.25, 0.3) is 5.91 Å². The minimum absolute atomic E-state index is 0.177. The third kappa shape index (κ3) is 6.77. The second kappa shape index (κ2) is 9.44. The van der Waals surface area contributed by atoms with Crippen LogP contribution in [0.2, 0.25) is 5.02 Å². The molecule has 1 N–H and O–H groups in total. The van der Waals surface area contributed by atoms with Crippen LogP contribution in [0.3, 0.4) is 0 Å². The Hall–Kier alpha value is -2.04. The van der Waals surface area contributed by atoms with Crippen LogP contribution in [0.15, 0.2) is 48.5 Å². The predicted molar refractivity (Wildman–Crippen MR) is 99.8 cm³/mol. The van der Waals surface area contributed by atoms with E-state index in [1.54, 1.807) is 31.2 Å². The molecule has 1 atom stereocenters. The summed E-state index contributed by atoms with van der Waals surface area (Å²) in [6, 6.07) is 15.0. The molecule has 5 heteroatoms. The molecule has 0 saturated carbocycles.